The molecule has 2 aliphatic rings. The summed E-state index contributed by atoms with van der Waals surface area (Å²) in [5, 5.41) is 4.40. The number of hydrogen-bond acceptors (Lipinski definition) is 6. The van der Waals surface area contributed by atoms with Gasteiger partial charge in [-0.15, -0.1) is 0 Å². The zero-order valence-corrected chi connectivity index (χ0v) is 22.6. The van der Waals surface area contributed by atoms with Crippen molar-refractivity contribution in [3.63, 3.8) is 0 Å². The Morgan fingerprint density at radius 1 is 1.11 bits per heavy atom. The molecule has 9 heteroatoms. The molecule has 0 aliphatic carbocycles. The fraction of sp³-hybridized carbons (Fsp3) is 0.500. The van der Waals surface area contributed by atoms with Crippen LogP contribution in [-0.2, 0) is 4.79 Å². The number of aromatic amines is 1. The number of fused-ring (bicyclic) bond motifs is 2. The second-order valence-corrected chi connectivity index (χ2v) is 11.2. The van der Waals surface area contributed by atoms with Gasteiger partial charge in [0.05, 0.1) is 22.6 Å². The number of carbonyl (C=O) groups is 1. The van der Waals surface area contributed by atoms with Gasteiger partial charge < -0.3 is 19.7 Å². The number of nitrogens with one attached hydrogen (secondary N) is 1. The molecule has 2 aliphatic heterocycles. The maximum atomic E-state index is 12.9. The highest BCUT2D eigenvalue weighted by Gasteiger charge is 2.36. The molecule has 6 rings (SSSR count). The van der Waals surface area contributed by atoms with Gasteiger partial charge in [0.1, 0.15) is 12.1 Å². The number of pyridine rings is 2. The van der Waals surface area contributed by atoms with Crippen LogP contribution in [-0.4, -0.2) is 86.1 Å². The Hall–Kier alpha value is -3.46. The minimum atomic E-state index is 0.161. The lowest BCUT2D eigenvalue weighted by molar-refractivity contribution is -0.141. The van der Waals surface area contributed by atoms with Crippen LogP contribution in [0, 0.1) is 19.8 Å². The minimum Gasteiger partial charge on any atom is -0.353 e. The highest BCUT2D eigenvalue weighted by Crippen LogP contribution is 2.38. The van der Waals surface area contributed by atoms with E-state index in [1.165, 1.54) is 11.1 Å². The second kappa shape index (κ2) is 8.83. The van der Waals surface area contributed by atoms with Gasteiger partial charge >= 0.3 is 0 Å². The molecule has 2 fully saturated rings. The summed E-state index contributed by atoms with van der Waals surface area (Å²) in [6.45, 7) is 14.9. The zero-order valence-electron chi connectivity index (χ0n) is 22.6. The molecule has 1 atom stereocenters. The third kappa shape index (κ3) is 3.87. The number of rotatable bonds is 4. The molecule has 4 aromatic rings. The Kier molecular flexibility index (Phi) is 5.71. The standard InChI is InChI=1S/C28H36N8O/c1-16(2)24-25(21-14-36-27(29-15-30-36)19(5)18(21)4)31-22-7-8-23(32-26(22)24)35-10-9-34(11-17(35)3)28(37)20-12-33(6)13-20/h7-8,14-17,20,31H,9-13H2,1-6H3/t17-/m0/s1. The van der Waals surface area contributed by atoms with Crippen LogP contribution in [0.25, 0.3) is 27.9 Å². The first-order chi connectivity index (χ1) is 17.7. The van der Waals surface area contributed by atoms with Crippen LogP contribution in [0.5, 0.6) is 0 Å². The summed E-state index contributed by atoms with van der Waals surface area (Å²) >= 11 is 0. The molecule has 0 saturated carbocycles. The summed E-state index contributed by atoms with van der Waals surface area (Å²) < 4.78 is 1.86. The molecule has 0 bridgehead atoms. The summed E-state index contributed by atoms with van der Waals surface area (Å²) in [5.74, 6) is 1.72. The van der Waals surface area contributed by atoms with Crippen LogP contribution in [0.15, 0.2) is 24.7 Å². The molecule has 0 unspecified atom stereocenters. The predicted octanol–water partition coefficient (Wildman–Crippen LogP) is 3.61. The number of anilines is 1. The van der Waals surface area contributed by atoms with Crippen molar-refractivity contribution < 1.29 is 4.79 Å². The lowest BCUT2D eigenvalue weighted by Gasteiger charge is -2.44. The number of H-pyrrole nitrogens is 1. The minimum absolute atomic E-state index is 0.161. The van der Waals surface area contributed by atoms with Crippen molar-refractivity contribution in [1.29, 1.82) is 0 Å². The Labute approximate surface area is 217 Å². The maximum Gasteiger partial charge on any atom is 0.228 e. The van der Waals surface area contributed by atoms with Crippen LogP contribution in [0.3, 0.4) is 0 Å². The molecule has 0 radical (unpaired) electrons. The molecule has 4 aromatic heterocycles. The predicted molar refractivity (Wildman–Crippen MR) is 146 cm³/mol. The van der Waals surface area contributed by atoms with Gasteiger partial charge in [-0.2, -0.15) is 5.10 Å². The average Bonchev–Trinajstić information content (AvgIpc) is 3.48. The first-order valence-corrected chi connectivity index (χ1v) is 13.3. The summed E-state index contributed by atoms with van der Waals surface area (Å²) in [7, 11) is 2.07. The first-order valence-electron chi connectivity index (χ1n) is 13.3. The van der Waals surface area contributed by atoms with E-state index in [9.17, 15) is 4.79 Å². The Morgan fingerprint density at radius 2 is 1.89 bits per heavy atom. The number of piperazine rings is 1. The molecule has 1 amide bonds. The number of carbonyl (C=O) groups excluding carboxylic acids is 1. The fourth-order valence-electron chi connectivity index (χ4n) is 6.08. The van der Waals surface area contributed by atoms with Crippen molar-refractivity contribution in [2.45, 2.75) is 46.6 Å². The van der Waals surface area contributed by atoms with E-state index in [1.54, 1.807) is 6.33 Å². The molecule has 1 N–H and O–H groups in total. The quantitative estimate of drug-likeness (QED) is 0.461. The molecule has 0 aromatic carbocycles. The highest BCUT2D eigenvalue weighted by atomic mass is 16.2. The molecular weight excluding hydrogens is 464 g/mol. The Balaban J connectivity index is 1.34. The number of amides is 1. The SMILES string of the molecule is Cc1c(-c2[nH]c3ccc(N4CCN(C(=O)C5CN(C)C5)C[C@@H]4C)nc3c2C(C)C)cn2ncnc2c1C. The van der Waals surface area contributed by atoms with Gasteiger partial charge in [-0.3, -0.25) is 4.79 Å². The molecule has 194 valence electrons. The van der Waals surface area contributed by atoms with E-state index in [2.05, 4.69) is 89.8 Å². The average molecular weight is 501 g/mol. The van der Waals surface area contributed by atoms with Crippen LogP contribution >= 0.6 is 0 Å². The summed E-state index contributed by atoms with van der Waals surface area (Å²) in [6.07, 6.45) is 3.67. The summed E-state index contributed by atoms with van der Waals surface area (Å²) in [4.78, 5) is 32.8. The fourth-order valence-corrected chi connectivity index (χ4v) is 6.08. The highest BCUT2D eigenvalue weighted by molar-refractivity contribution is 5.90. The van der Waals surface area contributed by atoms with Crippen molar-refractivity contribution >= 4 is 28.4 Å². The monoisotopic (exact) mass is 500 g/mol. The van der Waals surface area contributed by atoms with Crippen molar-refractivity contribution in [2.24, 2.45) is 5.92 Å². The zero-order chi connectivity index (χ0) is 26.0. The first kappa shape index (κ1) is 23.9. The smallest absolute Gasteiger partial charge is 0.228 e. The number of nitrogens with zero attached hydrogens (tertiary/aromatic N) is 7. The van der Waals surface area contributed by atoms with E-state index in [-0.39, 0.29) is 17.9 Å². The van der Waals surface area contributed by atoms with Gasteiger partial charge in [0.15, 0.2) is 5.65 Å². The van der Waals surface area contributed by atoms with Gasteiger partial charge in [-0.1, -0.05) is 13.8 Å². The third-order valence-electron chi connectivity index (χ3n) is 8.28. The van der Waals surface area contributed by atoms with E-state index in [0.717, 1.165) is 72.0 Å². The van der Waals surface area contributed by atoms with Crippen LogP contribution in [0.1, 0.15) is 43.4 Å². The van der Waals surface area contributed by atoms with Crippen LogP contribution in [0.4, 0.5) is 5.82 Å². The van der Waals surface area contributed by atoms with Gasteiger partial charge in [-0.05, 0) is 57.0 Å². The maximum absolute atomic E-state index is 12.9. The largest absolute Gasteiger partial charge is 0.353 e. The topological polar surface area (TPSA) is 85.7 Å². The van der Waals surface area contributed by atoms with Crippen LogP contribution in [0.2, 0.25) is 0 Å². The Morgan fingerprint density at radius 3 is 2.59 bits per heavy atom. The van der Waals surface area contributed by atoms with Crippen molar-refractivity contribution in [3.8, 4) is 11.3 Å². The molecule has 9 nitrogen and oxygen atoms in total. The Bertz CT molecular complexity index is 1500. The van der Waals surface area contributed by atoms with Crippen LogP contribution < -0.4 is 4.90 Å². The molecule has 0 spiro atoms. The lowest BCUT2D eigenvalue weighted by atomic mass is 9.95. The van der Waals surface area contributed by atoms with Gasteiger partial charge in [-0.25, -0.2) is 14.5 Å². The summed E-state index contributed by atoms with van der Waals surface area (Å²) in [6, 6.07) is 4.47. The van der Waals surface area contributed by atoms with Gasteiger partial charge in [0.2, 0.25) is 5.91 Å². The molecular formula is C28H36N8O. The number of likely N-dealkylation sites (tertiary alicyclic amines) is 1. The molecule has 2 saturated heterocycles. The van der Waals surface area contributed by atoms with Crippen molar-refractivity contribution in [3.05, 3.63) is 41.3 Å². The van der Waals surface area contributed by atoms with Crippen molar-refractivity contribution in [2.75, 3.05) is 44.7 Å². The third-order valence-corrected chi connectivity index (χ3v) is 8.28. The van der Waals surface area contributed by atoms with Gasteiger partial charge in [0, 0.05) is 56.1 Å². The lowest BCUT2D eigenvalue weighted by Crippen LogP contribution is -2.59. The molecule has 37 heavy (non-hydrogen) atoms. The van der Waals surface area contributed by atoms with E-state index in [0.29, 0.717) is 5.91 Å². The van der Waals surface area contributed by atoms with Crippen molar-refractivity contribution in [1.82, 2.24) is 34.4 Å². The van der Waals surface area contributed by atoms with E-state index >= 15 is 0 Å². The molecule has 6 heterocycles. The van der Waals surface area contributed by atoms with Gasteiger partial charge in [0.25, 0.3) is 0 Å². The number of aryl methyl sites for hydroxylation is 1. The number of aromatic nitrogens is 5. The van der Waals surface area contributed by atoms with E-state index in [4.69, 9.17) is 4.98 Å². The second-order valence-electron chi connectivity index (χ2n) is 11.2. The normalized spacial score (nSPS) is 19.4. The summed E-state index contributed by atoms with van der Waals surface area (Å²) in [5.41, 5.74) is 8.71. The van der Waals surface area contributed by atoms with E-state index < -0.39 is 0 Å². The van der Waals surface area contributed by atoms with E-state index in [1.807, 2.05) is 4.52 Å². The number of hydrogen-bond donors (Lipinski definition) is 1.